The van der Waals surface area contributed by atoms with Gasteiger partial charge in [-0.15, -0.1) is 5.10 Å². The fourth-order valence-corrected chi connectivity index (χ4v) is 4.03. The summed E-state index contributed by atoms with van der Waals surface area (Å²) in [7, 11) is 0. The molecule has 82 valence electrons. The van der Waals surface area contributed by atoms with Crippen molar-refractivity contribution in [3.8, 4) is 0 Å². The summed E-state index contributed by atoms with van der Waals surface area (Å²) in [5.74, 6) is 4.71. The maximum Gasteiger partial charge on any atom is 0.148 e. The van der Waals surface area contributed by atoms with Crippen LogP contribution in [-0.4, -0.2) is 39.3 Å². The minimum Gasteiger partial charge on any atom is -0.367 e. The van der Waals surface area contributed by atoms with Crippen LogP contribution in [0.5, 0.6) is 0 Å². The number of nitrogens with zero attached hydrogens (tertiary/aromatic N) is 2. The second-order valence-electron chi connectivity index (χ2n) is 3.57. The number of anilines is 1. The minimum atomic E-state index is 0.714. The average molecular weight is 241 g/mol. The number of hydrogen-bond donors (Lipinski definition) is 1. The Hall–Kier alpha value is -0.420. The maximum atomic E-state index is 4.05. The molecule has 0 aliphatic carbocycles. The molecule has 2 heterocycles. The first-order valence-electron chi connectivity index (χ1n) is 5.07. The highest BCUT2D eigenvalue weighted by Crippen LogP contribution is 2.23. The first-order chi connectivity index (χ1) is 7.34. The lowest BCUT2D eigenvalue weighted by Gasteiger charge is -2.21. The summed E-state index contributed by atoms with van der Waals surface area (Å²) in [6.45, 7) is 3.03. The van der Waals surface area contributed by atoms with Gasteiger partial charge in [0.1, 0.15) is 5.82 Å². The molecule has 0 bridgehead atoms. The fraction of sp³-hybridized carbons (Fsp3) is 0.600. The van der Waals surface area contributed by atoms with Crippen LogP contribution in [0.1, 0.15) is 5.56 Å². The highest BCUT2D eigenvalue weighted by atomic mass is 32.2. The van der Waals surface area contributed by atoms with Crippen LogP contribution in [0, 0.1) is 6.92 Å². The van der Waals surface area contributed by atoms with E-state index in [1.54, 1.807) is 6.20 Å². The van der Waals surface area contributed by atoms with Crippen molar-refractivity contribution in [3.05, 3.63) is 17.8 Å². The van der Waals surface area contributed by atoms with E-state index in [2.05, 4.69) is 27.3 Å². The van der Waals surface area contributed by atoms with Crippen molar-refractivity contribution in [1.29, 1.82) is 0 Å². The molecule has 1 fully saturated rings. The predicted octanol–water partition coefficient (Wildman–Crippen LogP) is 2.05. The smallest absolute Gasteiger partial charge is 0.148 e. The Morgan fingerprint density at radius 1 is 1.53 bits per heavy atom. The molecule has 3 nitrogen and oxygen atoms in total. The molecule has 2 rings (SSSR count). The van der Waals surface area contributed by atoms with Crippen LogP contribution in [0.15, 0.2) is 12.3 Å². The van der Waals surface area contributed by atoms with Crippen LogP contribution in [0.2, 0.25) is 0 Å². The summed E-state index contributed by atoms with van der Waals surface area (Å²) < 4.78 is 0. The molecular formula is C10H15N3S2. The lowest BCUT2D eigenvalue weighted by molar-refractivity contribution is 0.954. The molecule has 1 unspecified atom stereocenters. The van der Waals surface area contributed by atoms with Gasteiger partial charge in [-0.3, -0.25) is 0 Å². The van der Waals surface area contributed by atoms with Crippen molar-refractivity contribution >= 4 is 29.3 Å². The van der Waals surface area contributed by atoms with Gasteiger partial charge in [-0.2, -0.15) is 28.6 Å². The Morgan fingerprint density at radius 3 is 3.20 bits per heavy atom. The molecule has 1 aromatic rings. The van der Waals surface area contributed by atoms with Crippen molar-refractivity contribution in [2.24, 2.45) is 0 Å². The van der Waals surface area contributed by atoms with Crippen molar-refractivity contribution in [1.82, 2.24) is 10.2 Å². The third-order valence-corrected chi connectivity index (χ3v) is 5.03. The normalized spacial score (nSPS) is 21.3. The van der Waals surface area contributed by atoms with E-state index in [1.165, 1.54) is 17.3 Å². The maximum absolute atomic E-state index is 4.05. The van der Waals surface area contributed by atoms with Crippen molar-refractivity contribution in [2.75, 3.05) is 29.1 Å². The van der Waals surface area contributed by atoms with Crippen LogP contribution < -0.4 is 5.32 Å². The van der Waals surface area contributed by atoms with Gasteiger partial charge >= 0.3 is 0 Å². The molecule has 0 radical (unpaired) electrons. The van der Waals surface area contributed by atoms with E-state index in [4.69, 9.17) is 0 Å². The summed E-state index contributed by atoms with van der Waals surface area (Å²) in [6.07, 6.45) is 1.77. The summed E-state index contributed by atoms with van der Waals surface area (Å²) in [5, 5.41) is 12.0. The summed E-state index contributed by atoms with van der Waals surface area (Å²) >= 11 is 4.10. The van der Waals surface area contributed by atoms with Crippen molar-refractivity contribution in [3.63, 3.8) is 0 Å². The lowest BCUT2D eigenvalue weighted by Crippen LogP contribution is -2.23. The van der Waals surface area contributed by atoms with Crippen LogP contribution in [-0.2, 0) is 0 Å². The molecule has 0 aromatic carbocycles. The first kappa shape index (κ1) is 11.1. The van der Waals surface area contributed by atoms with E-state index in [-0.39, 0.29) is 0 Å². The van der Waals surface area contributed by atoms with Crippen LogP contribution >= 0.6 is 23.5 Å². The van der Waals surface area contributed by atoms with Crippen LogP contribution in [0.3, 0.4) is 0 Å². The summed E-state index contributed by atoms with van der Waals surface area (Å²) in [5.41, 5.74) is 1.15. The van der Waals surface area contributed by atoms with Crippen molar-refractivity contribution in [2.45, 2.75) is 12.2 Å². The van der Waals surface area contributed by atoms with Gasteiger partial charge in [0, 0.05) is 29.1 Å². The number of thioether (sulfide) groups is 2. The molecule has 1 aliphatic heterocycles. The quantitative estimate of drug-likeness (QED) is 0.876. The average Bonchev–Trinajstić information content (AvgIpc) is 2.28. The van der Waals surface area contributed by atoms with Gasteiger partial charge in [-0.05, 0) is 18.6 Å². The standard InChI is InChI=1S/C10H15N3S2/c1-8-4-10(13-12-5-8)11-6-9-7-14-2-3-15-9/h4-5,9H,2-3,6-7H2,1H3,(H,11,13). The zero-order valence-corrected chi connectivity index (χ0v) is 10.4. The van der Waals surface area contributed by atoms with E-state index >= 15 is 0 Å². The van der Waals surface area contributed by atoms with E-state index in [1.807, 2.05) is 24.8 Å². The minimum absolute atomic E-state index is 0.714. The van der Waals surface area contributed by atoms with Gasteiger partial charge in [-0.1, -0.05) is 0 Å². The number of aryl methyl sites for hydroxylation is 1. The van der Waals surface area contributed by atoms with Gasteiger partial charge in [0.2, 0.25) is 0 Å². The largest absolute Gasteiger partial charge is 0.367 e. The SMILES string of the molecule is Cc1cnnc(NCC2CSCCS2)c1. The predicted molar refractivity (Wildman–Crippen MR) is 68.8 cm³/mol. The number of nitrogens with one attached hydrogen (secondary N) is 1. The molecule has 5 heteroatoms. The lowest BCUT2D eigenvalue weighted by atomic mass is 10.3. The zero-order chi connectivity index (χ0) is 10.5. The van der Waals surface area contributed by atoms with Gasteiger partial charge in [-0.25, -0.2) is 0 Å². The van der Waals surface area contributed by atoms with Gasteiger partial charge < -0.3 is 5.32 Å². The molecule has 1 aromatic heterocycles. The Bertz CT molecular complexity index is 313. The number of rotatable bonds is 3. The molecule has 1 N–H and O–H groups in total. The molecular weight excluding hydrogens is 226 g/mol. The number of hydrogen-bond acceptors (Lipinski definition) is 5. The summed E-state index contributed by atoms with van der Waals surface area (Å²) in [6, 6.07) is 2.04. The molecule has 0 spiro atoms. The second-order valence-corrected chi connectivity index (χ2v) is 6.12. The third kappa shape index (κ3) is 3.57. The Labute approximate surface area is 98.8 Å². The Morgan fingerprint density at radius 2 is 2.47 bits per heavy atom. The molecule has 0 saturated carbocycles. The molecule has 1 aliphatic rings. The molecule has 1 atom stereocenters. The van der Waals surface area contributed by atoms with Gasteiger partial charge in [0.15, 0.2) is 0 Å². The molecule has 0 amide bonds. The summed E-state index contributed by atoms with van der Waals surface area (Å²) in [4.78, 5) is 0. The highest BCUT2D eigenvalue weighted by molar-refractivity contribution is 8.06. The molecule has 15 heavy (non-hydrogen) atoms. The van der Waals surface area contributed by atoms with E-state index in [0.717, 1.165) is 17.9 Å². The van der Waals surface area contributed by atoms with E-state index in [9.17, 15) is 0 Å². The van der Waals surface area contributed by atoms with Crippen LogP contribution in [0.25, 0.3) is 0 Å². The molecule has 1 saturated heterocycles. The van der Waals surface area contributed by atoms with E-state index in [0.29, 0.717) is 5.25 Å². The van der Waals surface area contributed by atoms with Crippen molar-refractivity contribution < 1.29 is 0 Å². The number of aromatic nitrogens is 2. The topological polar surface area (TPSA) is 37.8 Å². The van der Waals surface area contributed by atoms with Gasteiger partial charge in [0.05, 0.1) is 6.20 Å². The first-order valence-corrected chi connectivity index (χ1v) is 7.27. The third-order valence-electron chi connectivity index (χ3n) is 2.19. The van der Waals surface area contributed by atoms with E-state index < -0.39 is 0 Å². The second kappa shape index (κ2) is 5.61. The Kier molecular flexibility index (Phi) is 4.14. The van der Waals surface area contributed by atoms with Crippen LogP contribution in [0.4, 0.5) is 5.82 Å². The van der Waals surface area contributed by atoms with Gasteiger partial charge in [0.25, 0.3) is 0 Å². The fourth-order valence-electron chi connectivity index (χ4n) is 1.42. The highest BCUT2D eigenvalue weighted by Gasteiger charge is 2.13. The zero-order valence-electron chi connectivity index (χ0n) is 8.77. The Balaban J connectivity index is 1.81. The monoisotopic (exact) mass is 241 g/mol.